The summed E-state index contributed by atoms with van der Waals surface area (Å²) in [5.74, 6) is 0.472. The van der Waals surface area contributed by atoms with Gasteiger partial charge in [-0.15, -0.1) is 0 Å². The highest BCUT2D eigenvalue weighted by Gasteiger charge is 2.37. The van der Waals surface area contributed by atoms with Gasteiger partial charge in [0.15, 0.2) is 0 Å². The van der Waals surface area contributed by atoms with E-state index < -0.39 is 5.97 Å². The molecule has 0 radical (unpaired) electrons. The van der Waals surface area contributed by atoms with Gasteiger partial charge in [-0.05, 0) is 55.2 Å². The molecule has 2 aromatic rings. The van der Waals surface area contributed by atoms with E-state index in [0.29, 0.717) is 12.4 Å². The van der Waals surface area contributed by atoms with Crippen LogP contribution in [0.5, 0.6) is 5.75 Å². The second-order valence-corrected chi connectivity index (χ2v) is 9.70. The Balaban J connectivity index is 1.80. The Labute approximate surface area is 189 Å². The molecule has 1 aromatic heterocycles. The average molecular weight is 440 g/mol. The highest BCUT2D eigenvalue weighted by Crippen LogP contribution is 2.49. The first kappa shape index (κ1) is 22.3. The van der Waals surface area contributed by atoms with Crippen LogP contribution >= 0.6 is 0 Å². The van der Waals surface area contributed by atoms with Crippen molar-refractivity contribution in [2.45, 2.75) is 69.9 Å². The average Bonchev–Trinajstić information content (AvgIpc) is 2.73. The number of nitrogen functional groups attached to an aromatic ring is 1. The van der Waals surface area contributed by atoms with Gasteiger partial charge in [0.05, 0.1) is 23.9 Å². The summed E-state index contributed by atoms with van der Waals surface area (Å²) < 4.78 is 6.51. The maximum absolute atomic E-state index is 11.3. The number of rotatable bonds is 6. The van der Waals surface area contributed by atoms with Gasteiger partial charge in [-0.2, -0.15) is 0 Å². The highest BCUT2D eigenvalue weighted by molar-refractivity contribution is 5.83. The lowest BCUT2D eigenvalue weighted by atomic mass is 9.71. The normalized spacial score (nSPS) is 21.4. The van der Waals surface area contributed by atoms with Crippen molar-refractivity contribution in [2.24, 2.45) is 5.73 Å². The van der Waals surface area contributed by atoms with Crippen molar-refractivity contribution in [1.29, 1.82) is 0 Å². The summed E-state index contributed by atoms with van der Waals surface area (Å²) in [4.78, 5) is 22.1. The number of carboxylic acid groups (broad SMARTS) is 1. The molecule has 8 nitrogen and oxygen atoms in total. The third kappa shape index (κ3) is 4.24. The van der Waals surface area contributed by atoms with Gasteiger partial charge in [0, 0.05) is 30.8 Å². The van der Waals surface area contributed by atoms with Crippen molar-refractivity contribution < 1.29 is 14.6 Å². The molecule has 0 saturated heterocycles. The third-order valence-corrected chi connectivity index (χ3v) is 6.73. The Bertz CT molecular complexity index is 1010. The van der Waals surface area contributed by atoms with Crippen molar-refractivity contribution in [3.63, 3.8) is 0 Å². The number of hydrogen-bond acceptors (Lipinski definition) is 7. The molecule has 0 atom stereocenters. The van der Waals surface area contributed by atoms with Crippen LogP contribution in [0.15, 0.2) is 18.5 Å². The molecule has 5 N–H and O–H groups in total. The lowest BCUT2D eigenvalue weighted by Gasteiger charge is -2.37. The summed E-state index contributed by atoms with van der Waals surface area (Å²) >= 11 is 0. The number of carbonyl (C=O) groups is 1. The molecule has 2 aliphatic carbocycles. The summed E-state index contributed by atoms with van der Waals surface area (Å²) in [6, 6.07) is 4.28. The van der Waals surface area contributed by atoms with E-state index in [-0.39, 0.29) is 24.0 Å². The summed E-state index contributed by atoms with van der Waals surface area (Å²) in [6.07, 6.45) is 6.15. The number of nitrogens with two attached hydrogens (primary N) is 2. The Morgan fingerprint density at radius 3 is 2.66 bits per heavy atom. The van der Waals surface area contributed by atoms with E-state index in [1.54, 1.807) is 0 Å². The van der Waals surface area contributed by atoms with Crippen LogP contribution in [0, 0.1) is 0 Å². The Hall–Kier alpha value is -2.87. The highest BCUT2D eigenvalue weighted by atomic mass is 16.5. The van der Waals surface area contributed by atoms with Crippen molar-refractivity contribution in [1.82, 2.24) is 9.97 Å². The fraction of sp³-hybridized carbons (Fsp3) is 0.542. The minimum absolute atomic E-state index is 0.0486. The summed E-state index contributed by atoms with van der Waals surface area (Å²) in [7, 11) is 1.93. The van der Waals surface area contributed by atoms with E-state index in [1.165, 1.54) is 6.33 Å². The second-order valence-electron chi connectivity index (χ2n) is 9.70. The number of aliphatic carboxylic acids is 1. The molecule has 2 aliphatic rings. The fourth-order valence-electron chi connectivity index (χ4n) is 5.09. The van der Waals surface area contributed by atoms with Crippen LogP contribution in [0.1, 0.15) is 57.1 Å². The van der Waals surface area contributed by atoms with Gasteiger partial charge in [-0.1, -0.05) is 13.8 Å². The van der Waals surface area contributed by atoms with Gasteiger partial charge in [0.1, 0.15) is 17.9 Å². The first-order chi connectivity index (χ1) is 15.2. The molecule has 8 heteroatoms. The molecule has 1 saturated carbocycles. The van der Waals surface area contributed by atoms with Crippen LogP contribution in [-0.2, 0) is 16.6 Å². The quantitative estimate of drug-likeness (QED) is 0.626. The molecule has 1 aromatic carbocycles. The van der Waals surface area contributed by atoms with Crippen LogP contribution in [0.25, 0.3) is 11.3 Å². The van der Waals surface area contributed by atoms with Crippen molar-refractivity contribution in [2.75, 3.05) is 24.2 Å². The minimum Gasteiger partial charge on any atom is -0.488 e. The summed E-state index contributed by atoms with van der Waals surface area (Å²) in [5, 5.41) is 9.25. The standard InChI is InChI=1S/C24H33N5O3/c1-24(2)12-17-16(21-20(24)23(26)28-13-27-21)8-9-18(22(17)29(3)11-10-19(30)31)32-15-6-4-14(25)5-7-15/h8-9,13-15H,4-7,10-12,25H2,1-3H3,(H,30,31)(H2,26,27,28)/t14-,15-. The Morgan fingerprint density at radius 2 is 1.97 bits per heavy atom. The molecule has 0 unspecified atom stereocenters. The molecule has 0 bridgehead atoms. The van der Waals surface area contributed by atoms with Gasteiger partial charge in [0.25, 0.3) is 0 Å². The zero-order valence-electron chi connectivity index (χ0n) is 19.1. The number of anilines is 2. The van der Waals surface area contributed by atoms with E-state index >= 15 is 0 Å². The topological polar surface area (TPSA) is 128 Å². The van der Waals surface area contributed by atoms with Crippen molar-refractivity contribution in [3.05, 3.63) is 29.6 Å². The summed E-state index contributed by atoms with van der Waals surface area (Å²) in [6.45, 7) is 4.67. The van der Waals surface area contributed by atoms with E-state index in [2.05, 4.69) is 23.8 Å². The maximum atomic E-state index is 11.3. The number of nitrogens with zero attached hydrogens (tertiary/aromatic N) is 3. The molecular formula is C24H33N5O3. The van der Waals surface area contributed by atoms with E-state index in [1.807, 2.05) is 24.1 Å². The van der Waals surface area contributed by atoms with E-state index in [4.69, 9.17) is 16.2 Å². The predicted octanol–water partition coefficient (Wildman–Crippen LogP) is 3.12. The fourth-order valence-corrected chi connectivity index (χ4v) is 5.09. The molecule has 1 heterocycles. The van der Waals surface area contributed by atoms with Gasteiger partial charge < -0.3 is 26.2 Å². The minimum atomic E-state index is -0.823. The number of benzene rings is 1. The van der Waals surface area contributed by atoms with Gasteiger partial charge in [-0.3, -0.25) is 4.79 Å². The molecule has 1 fully saturated rings. The summed E-state index contributed by atoms with van der Waals surface area (Å²) in [5.41, 5.74) is 16.9. The molecule has 172 valence electrons. The number of carboxylic acids is 1. The zero-order valence-corrected chi connectivity index (χ0v) is 19.1. The lowest BCUT2D eigenvalue weighted by molar-refractivity contribution is -0.136. The van der Waals surface area contributed by atoms with Crippen LogP contribution in [-0.4, -0.2) is 46.8 Å². The van der Waals surface area contributed by atoms with Gasteiger partial charge >= 0.3 is 5.97 Å². The Kier molecular flexibility index (Phi) is 5.99. The predicted molar refractivity (Wildman–Crippen MR) is 125 cm³/mol. The number of fused-ring (bicyclic) bond motifs is 3. The van der Waals surface area contributed by atoms with Crippen LogP contribution < -0.4 is 21.1 Å². The number of ether oxygens (including phenoxy) is 1. The first-order valence-electron chi connectivity index (χ1n) is 11.3. The van der Waals surface area contributed by atoms with E-state index in [0.717, 1.165) is 65.9 Å². The molecule has 4 rings (SSSR count). The third-order valence-electron chi connectivity index (χ3n) is 6.73. The van der Waals surface area contributed by atoms with Crippen LogP contribution in [0.2, 0.25) is 0 Å². The SMILES string of the molecule is CN(CCC(=O)O)c1c(O[C@H]2CC[C@H](N)CC2)ccc2c1CC(C)(C)c1c(N)ncnc1-2. The zero-order chi connectivity index (χ0) is 23.0. The molecule has 0 amide bonds. The molecule has 0 aliphatic heterocycles. The van der Waals surface area contributed by atoms with Gasteiger partial charge in [-0.25, -0.2) is 9.97 Å². The van der Waals surface area contributed by atoms with Gasteiger partial charge in [0.2, 0.25) is 0 Å². The molecule has 0 spiro atoms. The van der Waals surface area contributed by atoms with Crippen molar-refractivity contribution in [3.8, 4) is 17.0 Å². The number of aromatic nitrogens is 2. The monoisotopic (exact) mass is 439 g/mol. The van der Waals surface area contributed by atoms with Crippen LogP contribution in [0.3, 0.4) is 0 Å². The van der Waals surface area contributed by atoms with Crippen molar-refractivity contribution >= 4 is 17.5 Å². The first-order valence-corrected chi connectivity index (χ1v) is 11.3. The Morgan fingerprint density at radius 1 is 1.25 bits per heavy atom. The second kappa shape index (κ2) is 8.58. The van der Waals surface area contributed by atoms with E-state index in [9.17, 15) is 9.90 Å². The largest absolute Gasteiger partial charge is 0.488 e. The van der Waals surface area contributed by atoms with Crippen LogP contribution in [0.4, 0.5) is 11.5 Å². The lowest BCUT2D eigenvalue weighted by Crippen LogP contribution is -2.33. The maximum Gasteiger partial charge on any atom is 0.305 e. The smallest absolute Gasteiger partial charge is 0.305 e. The molecule has 32 heavy (non-hydrogen) atoms. The molecular weight excluding hydrogens is 406 g/mol. The number of hydrogen-bond donors (Lipinski definition) is 3.